The van der Waals surface area contributed by atoms with Gasteiger partial charge in [0.05, 0.1) is 13.3 Å². The van der Waals surface area contributed by atoms with Crippen LogP contribution in [0.2, 0.25) is 0 Å². The first-order valence-corrected chi connectivity index (χ1v) is 6.41. The fourth-order valence-corrected chi connectivity index (χ4v) is 2.39. The van der Waals surface area contributed by atoms with Crippen LogP contribution >= 0.6 is 0 Å². The number of aromatic nitrogens is 3. The maximum absolute atomic E-state index is 12.3. The minimum atomic E-state index is -0.390. The molecule has 19 heavy (non-hydrogen) atoms. The summed E-state index contributed by atoms with van der Waals surface area (Å²) >= 11 is 0. The fourth-order valence-electron chi connectivity index (χ4n) is 2.39. The number of ether oxygens (including phenoxy) is 1. The third-order valence-electron chi connectivity index (χ3n) is 3.38. The lowest BCUT2D eigenvalue weighted by Crippen LogP contribution is -2.44. The second-order valence-electron chi connectivity index (χ2n) is 4.64. The Balaban J connectivity index is 2.02. The highest BCUT2D eigenvalue weighted by Crippen LogP contribution is 2.23. The van der Waals surface area contributed by atoms with Crippen LogP contribution in [0.1, 0.15) is 25.7 Å². The molecule has 7 heteroatoms. The lowest BCUT2D eigenvalue weighted by Gasteiger charge is -2.27. The van der Waals surface area contributed by atoms with Crippen molar-refractivity contribution < 1.29 is 14.3 Å². The maximum Gasteiger partial charge on any atom is 0.325 e. The lowest BCUT2D eigenvalue weighted by atomic mass is 10.2. The molecule has 2 rings (SSSR count). The van der Waals surface area contributed by atoms with E-state index in [0.29, 0.717) is 0 Å². The second-order valence-corrected chi connectivity index (χ2v) is 4.64. The Morgan fingerprint density at radius 2 is 2.16 bits per heavy atom. The average molecular weight is 266 g/mol. The summed E-state index contributed by atoms with van der Waals surface area (Å²) in [5, 5.41) is 7.43. The highest BCUT2D eigenvalue weighted by atomic mass is 16.5. The van der Waals surface area contributed by atoms with Gasteiger partial charge >= 0.3 is 5.97 Å². The molecule has 1 aliphatic rings. The molecule has 1 fully saturated rings. The summed E-state index contributed by atoms with van der Waals surface area (Å²) in [4.78, 5) is 25.3. The van der Waals surface area contributed by atoms with E-state index in [-0.39, 0.29) is 31.0 Å². The van der Waals surface area contributed by atoms with E-state index in [4.69, 9.17) is 0 Å². The molecule has 1 aromatic rings. The van der Waals surface area contributed by atoms with Crippen molar-refractivity contribution in [2.24, 2.45) is 0 Å². The van der Waals surface area contributed by atoms with Crippen LogP contribution in [0.4, 0.5) is 0 Å². The zero-order valence-corrected chi connectivity index (χ0v) is 11.0. The third-order valence-corrected chi connectivity index (χ3v) is 3.38. The molecule has 1 amide bonds. The van der Waals surface area contributed by atoms with E-state index in [0.717, 1.165) is 25.7 Å². The van der Waals surface area contributed by atoms with Crippen LogP contribution in [-0.4, -0.2) is 51.5 Å². The molecule has 0 bridgehead atoms. The van der Waals surface area contributed by atoms with Crippen molar-refractivity contribution >= 4 is 11.9 Å². The number of rotatable bonds is 5. The van der Waals surface area contributed by atoms with E-state index in [2.05, 4.69) is 15.0 Å². The van der Waals surface area contributed by atoms with Crippen molar-refractivity contribution in [2.45, 2.75) is 38.3 Å². The molecule has 0 spiro atoms. The Labute approximate surface area is 111 Å². The van der Waals surface area contributed by atoms with Gasteiger partial charge in [0.25, 0.3) is 0 Å². The van der Waals surface area contributed by atoms with Gasteiger partial charge in [0, 0.05) is 12.2 Å². The highest BCUT2D eigenvalue weighted by molar-refractivity contribution is 5.82. The van der Waals surface area contributed by atoms with Crippen LogP contribution in [0.5, 0.6) is 0 Å². The molecular weight excluding hydrogens is 248 g/mol. The van der Waals surface area contributed by atoms with Crippen molar-refractivity contribution in [1.82, 2.24) is 19.9 Å². The molecule has 7 nitrogen and oxygen atoms in total. The summed E-state index contributed by atoms with van der Waals surface area (Å²) in [5.74, 6) is -0.512. The van der Waals surface area contributed by atoms with Crippen molar-refractivity contribution in [3.05, 3.63) is 12.4 Å². The van der Waals surface area contributed by atoms with Crippen LogP contribution in [0.25, 0.3) is 0 Å². The molecule has 1 aliphatic carbocycles. The first-order chi connectivity index (χ1) is 9.20. The van der Waals surface area contributed by atoms with Gasteiger partial charge in [0.1, 0.15) is 13.1 Å². The molecule has 0 unspecified atom stereocenters. The summed E-state index contributed by atoms with van der Waals surface area (Å²) in [7, 11) is 1.33. The molecule has 0 saturated heterocycles. The average Bonchev–Trinajstić information content (AvgIpc) is 3.08. The van der Waals surface area contributed by atoms with Gasteiger partial charge in [-0.3, -0.25) is 9.59 Å². The Hall–Kier alpha value is -1.92. The Kier molecular flexibility index (Phi) is 4.48. The summed E-state index contributed by atoms with van der Waals surface area (Å²) < 4.78 is 6.12. The van der Waals surface area contributed by atoms with E-state index in [1.54, 1.807) is 11.1 Å². The molecule has 0 atom stereocenters. The molecule has 0 N–H and O–H groups in total. The molecule has 0 aromatic carbocycles. The Morgan fingerprint density at radius 3 is 2.74 bits per heavy atom. The van der Waals surface area contributed by atoms with E-state index >= 15 is 0 Å². The number of hydrogen-bond donors (Lipinski definition) is 0. The summed E-state index contributed by atoms with van der Waals surface area (Å²) in [6.07, 6.45) is 7.23. The normalized spacial score (nSPS) is 15.4. The fraction of sp³-hybridized carbons (Fsp3) is 0.667. The Morgan fingerprint density at radius 1 is 1.42 bits per heavy atom. The van der Waals surface area contributed by atoms with Crippen LogP contribution in [0, 0.1) is 0 Å². The summed E-state index contributed by atoms with van der Waals surface area (Å²) in [5.41, 5.74) is 0. The van der Waals surface area contributed by atoms with Crippen molar-refractivity contribution in [2.75, 3.05) is 13.7 Å². The van der Waals surface area contributed by atoms with Crippen LogP contribution < -0.4 is 0 Å². The molecule has 1 aromatic heterocycles. The van der Waals surface area contributed by atoms with Crippen LogP contribution in [0.3, 0.4) is 0 Å². The molecule has 104 valence electrons. The van der Waals surface area contributed by atoms with Gasteiger partial charge in [-0.05, 0) is 12.8 Å². The number of hydrogen-bond acceptors (Lipinski definition) is 5. The Bertz CT molecular complexity index is 426. The van der Waals surface area contributed by atoms with Gasteiger partial charge in [0.2, 0.25) is 5.91 Å². The number of methoxy groups -OCH3 is 1. The van der Waals surface area contributed by atoms with Crippen LogP contribution in [-0.2, 0) is 20.9 Å². The van der Waals surface area contributed by atoms with E-state index in [1.807, 2.05) is 0 Å². The predicted molar refractivity (Wildman–Crippen MR) is 66.0 cm³/mol. The summed E-state index contributed by atoms with van der Waals surface area (Å²) in [6, 6.07) is 0.134. The van der Waals surface area contributed by atoms with Crippen molar-refractivity contribution in [3.63, 3.8) is 0 Å². The first-order valence-electron chi connectivity index (χ1n) is 6.41. The minimum Gasteiger partial charge on any atom is -0.468 e. The van der Waals surface area contributed by atoms with E-state index in [9.17, 15) is 9.59 Å². The predicted octanol–water partition coefficient (Wildman–Crippen LogP) is 0.222. The van der Waals surface area contributed by atoms with Crippen molar-refractivity contribution in [3.8, 4) is 0 Å². The quantitative estimate of drug-likeness (QED) is 0.713. The number of esters is 1. The first kappa shape index (κ1) is 13.5. The van der Waals surface area contributed by atoms with Crippen molar-refractivity contribution in [1.29, 1.82) is 0 Å². The van der Waals surface area contributed by atoms with Gasteiger partial charge in [-0.2, -0.15) is 0 Å². The third kappa shape index (κ3) is 3.52. The smallest absolute Gasteiger partial charge is 0.325 e. The zero-order valence-electron chi connectivity index (χ0n) is 11.0. The summed E-state index contributed by atoms with van der Waals surface area (Å²) in [6.45, 7) is 0.113. The SMILES string of the molecule is COC(=O)CN(C(=O)Cn1ccnn1)C1CCCC1. The number of amides is 1. The van der Waals surface area contributed by atoms with Gasteiger partial charge in [-0.15, -0.1) is 5.10 Å². The van der Waals surface area contributed by atoms with Gasteiger partial charge in [-0.1, -0.05) is 18.1 Å². The zero-order chi connectivity index (χ0) is 13.7. The maximum atomic E-state index is 12.3. The molecular formula is C12H18N4O3. The van der Waals surface area contributed by atoms with E-state index < -0.39 is 0 Å². The molecule has 0 aliphatic heterocycles. The van der Waals surface area contributed by atoms with Gasteiger partial charge in [0.15, 0.2) is 0 Å². The largest absolute Gasteiger partial charge is 0.468 e. The van der Waals surface area contributed by atoms with Gasteiger partial charge in [-0.25, -0.2) is 4.68 Å². The minimum absolute atomic E-state index is 0.00863. The number of carbonyl (C=O) groups excluding carboxylic acids is 2. The second kappa shape index (κ2) is 6.31. The highest BCUT2D eigenvalue weighted by Gasteiger charge is 2.28. The molecule has 1 saturated carbocycles. The lowest BCUT2D eigenvalue weighted by molar-refractivity contribution is -0.148. The van der Waals surface area contributed by atoms with Crippen LogP contribution in [0.15, 0.2) is 12.4 Å². The monoisotopic (exact) mass is 266 g/mol. The van der Waals surface area contributed by atoms with Gasteiger partial charge < -0.3 is 9.64 Å². The molecule has 1 heterocycles. The number of carbonyl (C=O) groups is 2. The van der Waals surface area contributed by atoms with E-state index in [1.165, 1.54) is 18.0 Å². The molecule has 0 radical (unpaired) electrons. The number of nitrogens with zero attached hydrogens (tertiary/aromatic N) is 4. The topological polar surface area (TPSA) is 77.3 Å². The standard InChI is InChI=1S/C12H18N4O3/c1-19-12(18)9-16(10-4-2-3-5-10)11(17)8-15-7-6-13-14-15/h6-7,10H,2-5,8-9H2,1H3.